The molecule has 0 saturated heterocycles. The molecule has 0 saturated carbocycles. The standard InChI is InChI=1S/C7H14N4O/c1-4-5-9-7(12-3)10-6-11-8-2/h5,11H,2,4,6H2,1,3H3/b9-5-,10-7+. The number of aliphatic imine (C=N–C) groups is 2. The third kappa shape index (κ3) is 5.40. The molecule has 12 heavy (non-hydrogen) atoms. The zero-order valence-electron chi connectivity index (χ0n) is 7.45. The topological polar surface area (TPSA) is 58.3 Å². The van der Waals surface area contributed by atoms with Gasteiger partial charge in [-0.05, 0) is 6.42 Å². The summed E-state index contributed by atoms with van der Waals surface area (Å²) in [6, 6.07) is 0.341. The number of ether oxygens (including phenoxy) is 1. The molecule has 1 N–H and O–H groups in total. The van der Waals surface area contributed by atoms with E-state index in [1.807, 2.05) is 6.92 Å². The van der Waals surface area contributed by atoms with E-state index in [1.165, 1.54) is 7.11 Å². The Morgan fingerprint density at radius 3 is 2.92 bits per heavy atom. The zero-order valence-corrected chi connectivity index (χ0v) is 7.45. The molecule has 0 bridgehead atoms. The first kappa shape index (κ1) is 10.6. The van der Waals surface area contributed by atoms with Crippen LogP contribution in [0.4, 0.5) is 0 Å². The van der Waals surface area contributed by atoms with Crippen LogP contribution in [0.15, 0.2) is 15.1 Å². The molecule has 0 rings (SSSR count). The van der Waals surface area contributed by atoms with Gasteiger partial charge in [0.05, 0.1) is 7.11 Å². The van der Waals surface area contributed by atoms with Crippen molar-refractivity contribution in [3.8, 4) is 0 Å². The Balaban J connectivity index is 3.85. The predicted molar refractivity (Wildman–Crippen MR) is 50.8 cm³/mol. The second-order valence-electron chi connectivity index (χ2n) is 1.84. The van der Waals surface area contributed by atoms with Gasteiger partial charge in [0.2, 0.25) is 0 Å². The van der Waals surface area contributed by atoms with E-state index in [2.05, 4.69) is 27.2 Å². The van der Waals surface area contributed by atoms with Gasteiger partial charge in [0.25, 0.3) is 0 Å². The summed E-state index contributed by atoms with van der Waals surface area (Å²) in [4.78, 5) is 7.85. The van der Waals surface area contributed by atoms with Crippen LogP contribution in [0.5, 0.6) is 0 Å². The van der Waals surface area contributed by atoms with E-state index in [0.29, 0.717) is 12.7 Å². The second kappa shape index (κ2) is 7.71. The number of nitrogens with zero attached hydrogens (tertiary/aromatic N) is 3. The molecule has 0 aromatic carbocycles. The van der Waals surface area contributed by atoms with Crippen LogP contribution in [0.3, 0.4) is 0 Å². The van der Waals surface area contributed by atoms with E-state index in [0.717, 1.165) is 6.42 Å². The molecule has 5 nitrogen and oxygen atoms in total. The first-order valence-corrected chi connectivity index (χ1v) is 3.64. The van der Waals surface area contributed by atoms with Crippen molar-refractivity contribution < 1.29 is 4.74 Å². The van der Waals surface area contributed by atoms with Crippen LogP contribution >= 0.6 is 0 Å². The number of methoxy groups -OCH3 is 1. The van der Waals surface area contributed by atoms with Crippen molar-refractivity contribution in [3.63, 3.8) is 0 Å². The second-order valence-corrected chi connectivity index (χ2v) is 1.84. The molecule has 0 amide bonds. The quantitative estimate of drug-likeness (QED) is 0.291. The minimum absolute atomic E-state index is 0.327. The van der Waals surface area contributed by atoms with Gasteiger partial charge >= 0.3 is 6.02 Å². The van der Waals surface area contributed by atoms with Crippen molar-refractivity contribution in [1.29, 1.82) is 0 Å². The van der Waals surface area contributed by atoms with E-state index in [9.17, 15) is 0 Å². The maximum Gasteiger partial charge on any atom is 0.312 e. The highest BCUT2D eigenvalue weighted by Gasteiger charge is 1.89. The Bertz CT molecular complexity index is 176. The fourth-order valence-corrected chi connectivity index (χ4v) is 0.480. The van der Waals surface area contributed by atoms with Crippen molar-refractivity contribution >= 4 is 19.0 Å². The van der Waals surface area contributed by atoms with E-state index in [1.54, 1.807) is 6.21 Å². The average molecular weight is 170 g/mol. The summed E-state index contributed by atoms with van der Waals surface area (Å²) in [7, 11) is 1.52. The van der Waals surface area contributed by atoms with E-state index >= 15 is 0 Å². The highest BCUT2D eigenvalue weighted by atomic mass is 16.5. The Kier molecular flexibility index (Phi) is 6.82. The summed E-state index contributed by atoms with van der Waals surface area (Å²) < 4.78 is 4.85. The lowest BCUT2D eigenvalue weighted by Crippen LogP contribution is -2.08. The number of nitrogens with one attached hydrogen (secondary N) is 1. The van der Waals surface area contributed by atoms with E-state index in [4.69, 9.17) is 4.74 Å². The van der Waals surface area contributed by atoms with Gasteiger partial charge in [-0.2, -0.15) is 5.10 Å². The summed E-state index contributed by atoms with van der Waals surface area (Å²) in [5, 5.41) is 3.41. The van der Waals surface area contributed by atoms with Gasteiger partial charge in [0.1, 0.15) is 6.67 Å². The lowest BCUT2D eigenvalue weighted by Gasteiger charge is -1.97. The maximum absolute atomic E-state index is 4.85. The summed E-state index contributed by atoms with van der Waals surface area (Å²) in [5.74, 6) is 0. The molecule has 0 aliphatic rings. The van der Waals surface area contributed by atoms with Crippen LogP contribution in [0.25, 0.3) is 0 Å². The predicted octanol–water partition coefficient (Wildman–Crippen LogP) is 0.632. The molecule has 0 aliphatic heterocycles. The molecular weight excluding hydrogens is 156 g/mol. The molecule has 0 aliphatic carbocycles. The van der Waals surface area contributed by atoms with Crippen molar-refractivity contribution in [3.05, 3.63) is 0 Å². The van der Waals surface area contributed by atoms with Crippen LogP contribution < -0.4 is 5.43 Å². The third-order valence-electron chi connectivity index (χ3n) is 0.964. The Labute approximate surface area is 72.2 Å². The number of hydrogen-bond donors (Lipinski definition) is 1. The van der Waals surface area contributed by atoms with Crippen LogP contribution in [-0.4, -0.2) is 32.7 Å². The molecule has 0 heterocycles. The SMILES string of the molecule is C=NNC/N=C(\N=C/CC)OC. The van der Waals surface area contributed by atoms with E-state index in [-0.39, 0.29) is 0 Å². The lowest BCUT2D eigenvalue weighted by atomic mass is 10.5. The normalized spacial score (nSPS) is 11.7. The van der Waals surface area contributed by atoms with Gasteiger partial charge in [-0.15, -0.1) is 0 Å². The Morgan fingerprint density at radius 2 is 2.42 bits per heavy atom. The average Bonchev–Trinajstić information content (AvgIpc) is 2.11. The van der Waals surface area contributed by atoms with Crippen LogP contribution in [-0.2, 0) is 4.74 Å². The molecule has 68 valence electrons. The van der Waals surface area contributed by atoms with Gasteiger partial charge in [-0.3, -0.25) is 5.43 Å². The van der Waals surface area contributed by atoms with Crippen molar-refractivity contribution in [2.24, 2.45) is 15.1 Å². The highest BCUT2D eigenvalue weighted by molar-refractivity contribution is 5.82. The fraction of sp³-hybridized carbons (Fsp3) is 0.571. The van der Waals surface area contributed by atoms with E-state index < -0.39 is 0 Å². The first-order chi connectivity index (χ1) is 5.85. The molecule has 0 atom stereocenters. The molecule has 0 aromatic heterocycles. The van der Waals surface area contributed by atoms with Crippen LogP contribution in [0.1, 0.15) is 13.3 Å². The van der Waals surface area contributed by atoms with Gasteiger partial charge in [0, 0.05) is 12.9 Å². The summed E-state index contributed by atoms with van der Waals surface area (Å²) in [6.07, 6.45) is 2.58. The smallest absolute Gasteiger partial charge is 0.312 e. The molecule has 0 aromatic rings. The third-order valence-corrected chi connectivity index (χ3v) is 0.964. The Morgan fingerprint density at radius 1 is 1.67 bits per heavy atom. The Hall–Kier alpha value is -1.39. The van der Waals surface area contributed by atoms with Crippen LogP contribution in [0, 0.1) is 0 Å². The molecule has 5 heteroatoms. The summed E-state index contributed by atoms with van der Waals surface area (Å²) in [5.41, 5.74) is 2.56. The first-order valence-electron chi connectivity index (χ1n) is 3.64. The van der Waals surface area contributed by atoms with Gasteiger partial charge < -0.3 is 4.74 Å². The summed E-state index contributed by atoms with van der Waals surface area (Å²) >= 11 is 0. The number of hydrogen-bond acceptors (Lipinski definition) is 4. The summed E-state index contributed by atoms with van der Waals surface area (Å²) in [6.45, 7) is 5.55. The minimum atomic E-state index is 0.327. The lowest BCUT2D eigenvalue weighted by molar-refractivity contribution is 0.394. The minimum Gasteiger partial charge on any atom is -0.467 e. The van der Waals surface area contributed by atoms with Gasteiger partial charge in [0.15, 0.2) is 0 Å². The number of hydrazone groups is 1. The largest absolute Gasteiger partial charge is 0.467 e. The van der Waals surface area contributed by atoms with Crippen LogP contribution in [0.2, 0.25) is 0 Å². The monoisotopic (exact) mass is 170 g/mol. The van der Waals surface area contributed by atoms with Crippen molar-refractivity contribution in [2.45, 2.75) is 13.3 Å². The maximum atomic E-state index is 4.85. The van der Waals surface area contributed by atoms with Crippen molar-refractivity contribution in [2.75, 3.05) is 13.8 Å². The highest BCUT2D eigenvalue weighted by Crippen LogP contribution is 1.82. The zero-order chi connectivity index (χ0) is 9.23. The number of rotatable bonds is 4. The molecule has 0 unspecified atom stereocenters. The molecule has 0 radical (unpaired) electrons. The van der Waals surface area contributed by atoms with Gasteiger partial charge in [-0.1, -0.05) is 6.92 Å². The molecule has 0 spiro atoms. The molecule has 0 fully saturated rings. The molecular formula is C7H14N4O. The number of amidine groups is 1. The fourth-order valence-electron chi connectivity index (χ4n) is 0.480. The van der Waals surface area contributed by atoms with Crippen molar-refractivity contribution in [1.82, 2.24) is 5.43 Å². The van der Waals surface area contributed by atoms with Gasteiger partial charge in [-0.25, -0.2) is 9.98 Å².